The standard InChI is InChI=1S/C22H21F6NO.ClH/c23-21(24,25)16-6-8-18(22(26,27)28)14(12-16)13-30-19-9-7-17-10-11-20(19,29-17)15-4-2-1-3-5-15;/h1-6,8,12,17,19,29H,7,9-11,13H2;1H/t17-,19+,20+;/m0./s1. The highest BCUT2D eigenvalue weighted by molar-refractivity contribution is 5.85. The Balaban J connectivity index is 0.00000272. The number of rotatable bonds is 4. The molecule has 1 N–H and O–H groups in total. The molecule has 2 nitrogen and oxygen atoms in total. The van der Waals surface area contributed by atoms with Gasteiger partial charge in [0.05, 0.1) is 29.4 Å². The summed E-state index contributed by atoms with van der Waals surface area (Å²) in [7, 11) is 0. The Bertz CT molecular complexity index is 901. The first-order valence-electron chi connectivity index (χ1n) is 9.82. The first-order valence-corrected chi connectivity index (χ1v) is 9.82. The number of alkyl halides is 6. The molecular weight excluding hydrogens is 444 g/mol. The highest BCUT2D eigenvalue weighted by Crippen LogP contribution is 2.45. The average Bonchev–Trinajstić information content (AvgIpc) is 3.05. The lowest BCUT2D eigenvalue weighted by atomic mass is 9.80. The molecule has 0 saturated carbocycles. The number of hydrogen-bond acceptors (Lipinski definition) is 2. The van der Waals surface area contributed by atoms with Gasteiger partial charge in [-0.3, -0.25) is 0 Å². The van der Waals surface area contributed by atoms with E-state index in [1.165, 1.54) is 0 Å². The van der Waals surface area contributed by atoms with Crippen molar-refractivity contribution in [1.82, 2.24) is 5.32 Å². The molecule has 3 atom stereocenters. The van der Waals surface area contributed by atoms with E-state index in [9.17, 15) is 26.3 Å². The van der Waals surface area contributed by atoms with Gasteiger partial charge in [-0.1, -0.05) is 30.3 Å². The van der Waals surface area contributed by atoms with Crippen LogP contribution in [0.2, 0.25) is 0 Å². The molecule has 31 heavy (non-hydrogen) atoms. The molecule has 0 aliphatic carbocycles. The first kappa shape index (κ1) is 23.9. The Morgan fingerprint density at radius 2 is 1.61 bits per heavy atom. The normalized spacial score (nSPS) is 25.9. The lowest BCUT2D eigenvalue weighted by Gasteiger charge is -2.42. The third kappa shape index (κ3) is 4.71. The number of hydrogen-bond donors (Lipinski definition) is 1. The number of nitrogens with one attached hydrogen (secondary N) is 1. The fraction of sp³-hybridized carbons (Fsp3) is 0.455. The first-order chi connectivity index (χ1) is 14.1. The zero-order valence-corrected chi connectivity index (χ0v) is 17.2. The molecule has 2 aliphatic rings. The molecule has 170 valence electrons. The van der Waals surface area contributed by atoms with Crippen molar-refractivity contribution < 1.29 is 31.1 Å². The summed E-state index contributed by atoms with van der Waals surface area (Å²) in [6.45, 7) is -0.537. The van der Waals surface area contributed by atoms with Crippen LogP contribution in [-0.4, -0.2) is 12.1 Å². The summed E-state index contributed by atoms with van der Waals surface area (Å²) in [6.07, 6.45) is -6.79. The van der Waals surface area contributed by atoms with E-state index in [1.807, 2.05) is 30.3 Å². The van der Waals surface area contributed by atoms with E-state index in [0.717, 1.165) is 24.8 Å². The Labute approximate surface area is 182 Å². The zero-order chi connectivity index (χ0) is 21.6. The zero-order valence-electron chi connectivity index (χ0n) is 16.4. The maximum atomic E-state index is 13.4. The fourth-order valence-electron chi connectivity index (χ4n) is 4.71. The highest BCUT2D eigenvalue weighted by Gasteiger charge is 2.50. The number of fused-ring (bicyclic) bond motifs is 2. The number of halogens is 7. The molecule has 0 aromatic heterocycles. The number of piperidine rings is 1. The van der Waals surface area contributed by atoms with Crippen molar-refractivity contribution in [3.63, 3.8) is 0 Å². The maximum Gasteiger partial charge on any atom is 0.416 e. The van der Waals surface area contributed by atoms with Crippen LogP contribution in [0.15, 0.2) is 48.5 Å². The topological polar surface area (TPSA) is 21.3 Å². The van der Waals surface area contributed by atoms with E-state index < -0.39 is 47.3 Å². The average molecular weight is 466 g/mol. The van der Waals surface area contributed by atoms with E-state index in [1.54, 1.807) is 0 Å². The largest absolute Gasteiger partial charge is 0.416 e. The second-order valence-corrected chi connectivity index (χ2v) is 7.96. The van der Waals surface area contributed by atoms with Gasteiger partial charge in [0.15, 0.2) is 0 Å². The molecule has 0 unspecified atom stereocenters. The predicted octanol–water partition coefficient (Wildman–Crippen LogP) is 6.47. The lowest BCUT2D eigenvalue weighted by Crippen LogP contribution is -2.54. The van der Waals surface area contributed by atoms with Crippen molar-refractivity contribution in [2.75, 3.05) is 0 Å². The van der Waals surface area contributed by atoms with E-state index in [0.29, 0.717) is 30.7 Å². The fourth-order valence-corrected chi connectivity index (χ4v) is 4.71. The molecule has 0 radical (unpaired) electrons. The minimum atomic E-state index is -4.76. The quantitative estimate of drug-likeness (QED) is 0.522. The molecule has 9 heteroatoms. The van der Waals surface area contributed by atoms with Crippen molar-refractivity contribution in [1.29, 1.82) is 0 Å². The second-order valence-electron chi connectivity index (χ2n) is 7.96. The van der Waals surface area contributed by atoms with Crippen molar-refractivity contribution in [3.05, 3.63) is 70.8 Å². The maximum absolute atomic E-state index is 13.4. The van der Waals surface area contributed by atoms with Crippen LogP contribution in [-0.2, 0) is 29.2 Å². The highest BCUT2D eigenvalue weighted by atomic mass is 35.5. The van der Waals surface area contributed by atoms with Gasteiger partial charge in [0.2, 0.25) is 0 Å². The van der Waals surface area contributed by atoms with E-state index in [-0.39, 0.29) is 12.4 Å². The molecule has 2 heterocycles. The van der Waals surface area contributed by atoms with Crippen molar-refractivity contribution in [2.24, 2.45) is 0 Å². The summed E-state index contributed by atoms with van der Waals surface area (Å²) in [5.41, 5.74) is -2.27. The van der Waals surface area contributed by atoms with Crippen LogP contribution >= 0.6 is 12.4 Å². The van der Waals surface area contributed by atoms with E-state index in [2.05, 4.69) is 5.32 Å². The lowest BCUT2D eigenvalue weighted by molar-refractivity contribution is -0.143. The van der Waals surface area contributed by atoms with Gasteiger partial charge < -0.3 is 10.1 Å². The van der Waals surface area contributed by atoms with Gasteiger partial charge in [-0.25, -0.2) is 0 Å². The van der Waals surface area contributed by atoms with Gasteiger partial charge in [-0.2, -0.15) is 26.3 Å². The van der Waals surface area contributed by atoms with Gasteiger partial charge in [0, 0.05) is 6.04 Å². The van der Waals surface area contributed by atoms with Crippen LogP contribution in [0.25, 0.3) is 0 Å². The van der Waals surface area contributed by atoms with Crippen LogP contribution in [0.3, 0.4) is 0 Å². The molecule has 2 aliphatic heterocycles. The Hall–Kier alpha value is -1.77. The molecule has 0 amide bonds. The Morgan fingerprint density at radius 3 is 2.26 bits per heavy atom. The van der Waals surface area contributed by atoms with Crippen LogP contribution in [0, 0.1) is 0 Å². The number of benzene rings is 2. The van der Waals surface area contributed by atoms with Gasteiger partial charge in [0.25, 0.3) is 0 Å². The van der Waals surface area contributed by atoms with Gasteiger partial charge in [-0.05, 0) is 55.0 Å². The van der Waals surface area contributed by atoms with Gasteiger partial charge in [0.1, 0.15) is 0 Å². The molecule has 2 saturated heterocycles. The third-order valence-electron chi connectivity index (χ3n) is 6.14. The van der Waals surface area contributed by atoms with E-state index >= 15 is 0 Å². The summed E-state index contributed by atoms with van der Waals surface area (Å²) in [4.78, 5) is 0. The summed E-state index contributed by atoms with van der Waals surface area (Å²) in [5, 5.41) is 3.56. The van der Waals surface area contributed by atoms with Crippen molar-refractivity contribution >= 4 is 12.4 Å². The van der Waals surface area contributed by atoms with Gasteiger partial charge in [-0.15, -0.1) is 12.4 Å². The molecule has 2 fully saturated rings. The van der Waals surface area contributed by atoms with Crippen LogP contribution in [0.5, 0.6) is 0 Å². The summed E-state index contributed by atoms with van der Waals surface area (Å²) in [6, 6.07) is 11.4. The van der Waals surface area contributed by atoms with Crippen LogP contribution in [0.4, 0.5) is 26.3 Å². The molecule has 2 aromatic carbocycles. The predicted molar refractivity (Wildman–Crippen MR) is 106 cm³/mol. The summed E-state index contributed by atoms with van der Waals surface area (Å²) in [5.74, 6) is 0. The number of ether oxygens (including phenoxy) is 1. The summed E-state index contributed by atoms with van der Waals surface area (Å²) >= 11 is 0. The minimum Gasteiger partial charge on any atom is -0.371 e. The Morgan fingerprint density at radius 1 is 0.903 bits per heavy atom. The SMILES string of the molecule is Cl.FC(F)(F)c1ccc(C(F)(F)F)c(CO[C@@H]2CC[C@H]3CC[C@]2(c2ccccc2)N3)c1. The van der Waals surface area contributed by atoms with Crippen molar-refractivity contribution in [3.8, 4) is 0 Å². The molecular formula is C22H22ClF6NO. The van der Waals surface area contributed by atoms with E-state index in [4.69, 9.17) is 4.74 Å². The summed E-state index contributed by atoms with van der Waals surface area (Å²) < 4.78 is 85.3. The third-order valence-corrected chi connectivity index (χ3v) is 6.14. The monoisotopic (exact) mass is 465 g/mol. The molecule has 0 spiro atoms. The van der Waals surface area contributed by atoms with Gasteiger partial charge >= 0.3 is 12.4 Å². The molecule has 2 aromatic rings. The Kier molecular flexibility index (Phi) is 6.65. The van der Waals surface area contributed by atoms with Crippen LogP contribution < -0.4 is 5.32 Å². The minimum absolute atomic E-state index is 0. The second kappa shape index (κ2) is 8.64. The van der Waals surface area contributed by atoms with Crippen molar-refractivity contribution in [2.45, 2.75) is 62.3 Å². The molecule has 2 bridgehead atoms. The smallest absolute Gasteiger partial charge is 0.371 e. The van der Waals surface area contributed by atoms with Crippen LogP contribution in [0.1, 0.15) is 47.9 Å². The molecule has 4 rings (SSSR count).